The van der Waals surface area contributed by atoms with Crippen LogP contribution in [0.15, 0.2) is 59.5 Å². The summed E-state index contributed by atoms with van der Waals surface area (Å²) in [4.78, 5) is 4.60. The molecule has 4 rings (SSSR count). The van der Waals surface area contributed by atoms with E-state index in [0.29, 0.717) is 22.8 Å². The summed E-state index contributed by atoms with van der Waals surface area (Å²) in [7, 11) is -2.37. The number of ether oxygens (including phenoxy) is 1. The third-order valence-electron chi connectivity index (χ3n) is 4.63. The fourth-order valence-corrected chi connectivity index (χ4v) is 4.24. The molecule has 0 amide bonds. The number of fused-ring (bicyclic) bond motifs is 1. The molecule has 0 aliphatic heterocycles. The first-order chi connectivity index (χ1) is 14.3. The Labute approximate surface area is 173 Å². The maximum Gasteiger partial charge on any atom is 0.263 e. The standard InChI is InChI=1S/C21H19FN4O3S/c1-13-11-19(23-21-17(13)5-4-6-18(21)29-3)26-20(12-14(2)24-26)25-30(27,28)16-9-7-15(22)8-10-16/h4-12,25H,1-3H3. The Balaban J connectivity index is 1.82. The van der Waals surface area contributed by atoms with Crippen LogP contribution in [0.5, 0.6) is 5.75 Å². The Kier molecular flexibility index (Phi) is 4.90. The van der Waals surface area contributed by atoms with Crippen molar-refractivity contribution < 1.29 is 17.5 Å². The molecule has 0 aliphatic rings. The van der Waals surface area contributed by atoms with Crippen LogP contribution in [0.2, 0.25) is 0 Å². The smallest absolute Gasteiger partial charge is 0.263 e. The lowest BCUT2D eigenvalue weighted by Crippen LogP contribution is -2.16. The van der Waals surface area contributed by atoms with Gasteiger partial charge in [0.15, 0.2) is 5.82 Å². The van der Waals surface area contributed by atoms with Gasteiger partial charge >= 0.3 is 0 Å². The molecule has 154 valence electrons. The maximum absolute atomic E-state index is 13.2. The lowest BCUT2D eigenvalue weighted by atomic mass is 10.1. The van der Waals surface area contributed by atoms with Crippen molar-refractivity contribution in [3.63, 3.8) is 0 Å². The highest BCUT2D eigenvalue weighted by Gasteiger charge is 2.19. The van der Waals surface area contributed by atoms with Gasteiger partial charge < -0.3 is 4.74 Å². The number of rotatable bonds is 5. The van der Waals surface area contributed by atoms with Gasteiger partial charge in [-0.25, -0.2) is 17.8 Å². The highest BCUT2D eigenvalue weighted by atomic mass is 32.2. The van der Waals surface area contributed by atoms with Gasteiger partial charge in [-0.2, -0.15) is 9.78 Å². The molecular weight excluding hydrogens is 407 g/mol. The van der Waals surface area contributed by atoms with Gasteiger partial charge in [-0.05, 0) is 55.8 Å². The maximum atomic E-state index is 13.2. The Hall–Kier alpha value is -3.46. The summed E-state index contributed by atoms with van der Waals surface area (Å²) in [6.07, 6.45) is 0. The molecule has 0 fully saturated rings. The minimum absolute atomic E-state index is 0.0568. The lowest BCUT2D eigenvalue weighted by Gasteiger charge is -2.13. The number of methoxy groups -OCH3 is 1. The Bertz CT molecular complexity index is 1350. The summed E-state index contributed by atoms with van der Waals surface area (Å²) < 4.78 is 48.1. The number of nitrogens with zero attached hydrogens (tertiary/aromatic N) is 3. The van der Waals surface area contributed by atoms with Crippen LogP contribution < -0.4 is 9.46 Å². The summed E-state index contributed by atoms with van der Waals surface area (Å²) in [5.74, 6) is 0.752. The number of anilines is 1. The number of hydrogen-bond acceptors (Lipinski definition) is 5. The van der Waals surface area contributed by atoms with Crippen molar-refractivity contribution in [3.05, 3.63) is 71.7 Å². The Morgan fingerprint density at radius 1 is 1.07 bits per heavy atom. The monoisotopic (exact) mass is 426 g/mol. The van der Waals surface area contributed by atoms with Crippen LogP contribution >= 0.6 is 0 Å². The van der Waals surface area contributed by atoms with Crippen LogP contribution in [0.25, 0.3) is 16.7 Å². The van der Waals surface area contributed by atoms with E-state index in [1.165, 1.54) is 16.8 Å². The summed E-state index contributed by atoms with van der Waals surface area (Å²) in [6.45, 7) is 3.69. The number of hydrogen-bond donors (Lipinski definition) is 1. The van der Waals surface area contributed by atoms with Crippen molar-refractivity contribution in [3.8, 4) is 11.6 Å². The van der Waals surface area contributed by atoms with Crippen molar-refractivity contribution in [2.75, 3.05) is 11.8 Å². The third kappa shape index (κ3) is 3.59. The van der Waals surface area contributed by atoms with Crippen LogP contribution in [-0.4, -0.2) is 30.3 Å². The molecule has 0 bridgehead atoms. The van der Waals surface area contributed by atoms with E-state index in [4.69, 9.17) is 4.74 Å². The van der Waals surface area contributed by atoms with Crippen LogP contribution in [0, 0.1) is 19.7 Å². The van der Waals surface area contributed by atoms with Crippen molar-refractivity contribution in [1.82, 2.24) is 14.8 Å². The summed E-state index contributed by atoms with van der Waals surface area (Å²) in [5.41, 5.74) is 2.19. The molecule has 7 nitrogen and oxygen atoms in total. The number of sulfonamides is 1. The molecule has 9 heteroatoms. The first-order valence-corrected chi connectivity index (χ1v) is 10.6. The van der Waals surface area contributed by atoms with Gasteiger partial charge in [0.25, 0.3) is 10.0 Å². The summed E-state index contributed by atoms with van der Waals surface area (Å²) in [5, 5.41) is 5.33. The average molecular weight is 426 g/mol. The molecule has 0 atom stereocenters. The number of aromatic nitrogens is 3. The fourth-order valence-electron chi connectivity index (χ4n) is 3.20. The van der Waals surface area contributed by atoms with Crippen molar-refractivity contribution >= 4 is 26.7 Å². The molecular formula is C21H19FN4O3S. The number of halogens is 1. The minimum Gasteiger partial charge on any atom is -0.494 e. The molecule has 30 heavy (non-hydrogen) atoms. The molecule has 0 saturated carbocycles. The van der Waals surface area contributed by atoms with Crippen molar-refractivity contribution in [1.29, 1.82) is 0 Å². The fraction of sp³-hybridized carbons (Fsp3) is 0.143. The first kappa shape index (κ1) is 19.8. The molecule has 4 aromatic rings. The Morgan fingerprint density at radius 2 is 1.80 bits per heavy atom. The zero-order valence-corrected chi connectivity index (χ0v) is 17.4. The van der Waals surface area contributed by atoms with E-state index >= 15 is 0 Å². The summed E-state index contributed by atoms with van der Waals surface area (Å²) >= 11 is 0. The molecule has 0 spiro atoms. The highest BCUT2D eigenvalue weighted by Crippen LogP contribution is 2.29. The normalized spacial score (nSPS) is 11.6. The third-order valence-corrected chi connectivity index (χ3v) is 6.00. The van der Waals surface area contributed by atoms with Crippen molar-refractivity contribution in [2.24, 2.45) is 0 Å². The molecule has 1 N–H and O–H groups in total. The van der Waals surface area contributed by atoms with Gasteiger partial charge in [0.05, 0.1) is 17.7 Å². The molecule has 2 aromatic carbocycles. The Morgan fingerprint density at radius 3 is 2.50 bits per heavy atom. The molecule has 0 saturated heterocycles. The number of nitrogens with one attached hydrogen (secondary N) is 1. The SMILES string of the molecule is COc1cccc2c(C)cc(-n3nc(C)cc3NS(=O)(=O)c3ccc(F)cc3)nc12. The van der Waals surface area contributed by atoms with Crippen molar-refractivity contribution in [2.45, 2.75) is 18.7 Å². The second kappa shape index (κ2) is 7.42. The molecule has 0 aliphatic carbocycles. The zero-order valence-electron chi connectivity index (χ0n) is 16.5. The van der Waals surface area contributed by atoms with E-state index in [9.17, 15) is 12.8 Å². The van der Waals surface area contributed by atoms with Gasteiger partial charge in [0.1, 0.15) is 22.9 Å². The van der Waals surface area contributed by atoms with Gasteiger partial charge in [-0.3, -0.25) is 4.72 Å². The van der Waals surface area contributed by atoms with Gasteiger partial charge in [-0.15, -0.1) is 0 Å². The van der Waals surface area contributed by atoms with E-state index in [1.807, 2.05) is 31.2 Å². The summed E-state index contributed by atoms with van der Waals surface area (Å²) in [6, 6.07) is 13.7. The van der Waals surface area contributed by atoms with Crippen LogP contribution in [0.3, 0.4) is 0 Å². The average Bonchev–Trinajstić information content (AvgIpc) is 3.07. The second-order valence-electron chi connectivity index (χ2n) is 6.80. The molecule has 2 aromatic heterocycles. The van der Waals surface area contributed by atoms with E-state index < -0.39 is 15.8 Å². The number of aryl methyl sites for hydroxylation is 2. The van der Waals surface area contributed by atoms with E-state index in [2.05, 4.69) is 14.8 Å². The van der Waals surface area contributed by atoms with Crippen LogP contribution in [-0.2, 0) is 10.0 Å². The van der Waals surface area contributed by atoms with Crippen LogP contribution in [0.4, 0.5) is 10.2 Å². The van der Waals surface area contributed by atoms with Gasteiger partial charge in [0.2, 0.25) is 0 Å². The van der Waals surface area contributed by atoms with E-state index in [0.717, 1.165) is 23.1 Å². The minimum atomic E-state index is -3.94. The topological polar surface area (TPSA) is 86.1 Å². The van der Waals surface area contributed by atoms with E-state index in [-0.39, 0.29) is 10.7 Å². The number of pyridine rings is 1. The van der Waals surface area contributed by atoms with Crippen LogP contribution in [0.1, 0.15) is 11.3 Å². The predicted molar refractivity (Wildman–Crippen MR) is 112 cm³/mol. The second-order valence-corrected chi connectivity index (χ2v) is 8.48. The highest BCUT2D eigenvalue weighted by molar-refractivity contribution is 7.92. The number of para-hydroxylation sites is 1. The van der Waals surface area contributed by atoms with E-state index in [1.54, 1.807) is 20.1 Å². The largest absolute Gasteiger partial charge is 0.494 e. The zero-order chi connectivity index (χ0) is 21.5. The lowest BCUT2D eigenvalue weighted by molar-refractivity contribution is 0.419. The quantitative estimate of drug-likeness (QED) is 0.522. The molecule has 0 unspecified atom stereocenters. The number of benzene rings is 2. The van der Waals surface area contributed by atoms with Gasteiger partial charge in [-0.1, -0.05) is 12.1 Å². The molecule has 2 heterocycles. The first-order valence-electron chi connectivity index (χ1n) is 9.08. The molecule has 0 radical (unpaired) electrons. The van der Waals surface area contributed by atoms with Gasteiger partial charge in [0, 0.05) is 11.5 Å². The predicted octanol–water partition coefficient (Wildman–Crippen LogP) is 3.99.